The Morgan fingerprint density at radius 3 is 2.43 bits per heavy atom. The van der Waals surface area contributed by atoms with Crippen LogP contribution in [0.25, 0.3) is 11.4 Å². The van der Waals surface area contributed by atoms with Gasteiger partial charge in [0.15, 0.2) is 5.82 Å². The molecule has 1 saturated heterocycles. The number of halogens is 1. The predicted molar refractivity (Wildman–Crippen MR) is 178 cm³/mol. The summed E-state index contributed by atoms with van der Waals surface area (Å²) in [5.74, 6) is -0.295. The summed E-state index contributed by atoms with van der Waals surface area (Å²) < 4.78 is 7.29. The number of aromatic nitrogens is 3. The third-order valence-electron chi connectivity index (χ3n) is 8.08. The van der Waals surface area contributed by atoms with E-state index in [0.29, 0.717) is 23.8 Å². The lowest BCUT2D eigenvalue weighted by Crippen LogP contribution is -2.57. The molecule has 3 aliphatic heterocycles. The number of ether oxygens (including phenoxy) is 1. The Morgan fingerprint density at radius 1 is 1.00 bits per heavy atom. The third kappa shape index (κ3) is 9.29. The van der Waals surface area contributed by atoms with Crippen molar-refractivity contribution in [3.05, 3.63) is 66.0 Å². The van der Waals surface area contributed by atoms with E-state index < -0.39 is 29.9 Å². The van der Waals surface area contributed by atoms with Crippen LogP contribution >= 0.6 is 12.4 Å². The minimum absolute atomic E-state index is 0. The van der Waals surface area contributed by atoms with Gasteiger partial charge in [0.1, 0.15) is 36.8 Å². The van der Waals surface area contributed by atoms with E-state index in [1.54, 1.807) is 19.1 Å². The van der Waals surface area contributed by atoms with E-state index in [9.17, 15) is 19.2 Å². The number of fused-ring (bicyclic) bond motifs is 14. The van der Waals surface area contributed by atoms with Crippen molar-refractivity contribution in [3.8, 4) is 17.1 Å². The van der Waals surface area contributed by atoms with Gasteiger partial charge >= 0.3 is 0 Å². The van der Waals surface area contributed by atoms with Gasteiger partial charge in [-0.15, -0.1) is 12.4 Å². The van der Waals surface area contributed by atoms with Crippen LogP contribution in [0.1, 0.15) is 51.0 Å². The summed E-state index contributed by atoms with van der Waals surface area (Å²) in [5, 5.41) is 19.4. The highest BCUT2D eigenvalue weighted by Crippen LogP contribution is 2.20. The van der Waals surface area contributed by atoms with Gasteiger partial charge in [-0.3, -0.25) is 19.2 Å². The number of benzene rings is 2. The highest BCUT2D eigenvalue weighted by atomic mass is 35.5. The lowest BCUT2D eigenvalue weighted by atomic mass is 10.00. The Bertz CT molecular complexity index is 1530. The maximum absolute atomic E-state index is 13.8. The quantitative estimate of drug-likeness (QED) is 0.280. The molecule has 13 nitrogen and oxygen atoms in total. The van der Waals surface area contributed by atoms with Crippen LogP contribution in [0.2, 0.25) is 0 Å². The van der Waals surface area contributed by atoms with Gasteiger partial charge in [-0.2, -0.15) is 5.10 Å². The van der Waals surface area contributed by atoms with Crippen LogP contribution in [0.3, 0.4) is 0 Å². The highest BCUT2D eigenvalue weighted by Gasteiger charge is 2.32. The minimum atomic E-state index is -0.912. The number of nitrogens with one attached hydrogen (secondary N) is 5. The molecule has 0 unspecified atom stereocenters. The van der Waals surface area contributed by atoms with Gasteiger partial charge in [-0.05, 0) is 49.9 Å². The van der Waals surface area contributed by atoms with Crippen molar-refractivity contribution in [2.45, 2.75) is 70.7 Å². The van der Waals surface area contributed by atoms with Gasteiger partial charge in [0.05, 0.1) is 18.6 Å². The molecular weight excluding hydrogens is 624 g/mol. The summed E-state index contributed by atoms with van der Waals surface area (Å²) in [7, 11) is 0. The average Bonchev–Trinajstić information content (AvgIpc) is 3.73. The zero-order valence-electron chi connectivity index (χ0n) is 26.8. The molecule has 0 spiro atoms. The van der Waals surface area contributed by atoms with Crippen LogP contribution in [-0.2, 0) is 32.1 Å². The van der Waals surface area contributed by atoms with Gasteiger partial charge in [0.2, 0.25) is 23.6 Å². The molecule has 0 saturated carbocycles. The number of hydrogen-bond donors (Lipinski definition) is 5. The molecule has 5 N–H and O–H groups in total. The van der Waals surface area contributed by atoms with E-state index in [1.807, 2.05) is 56.3 Å². The molecule has 4 amide bonds. The number of nitrogens with zero attached hydrogens (tertiary/aromatic N) is 3. The zero-order valence-corrected chi connectivity index (χ0v) is 27.6. The Labute approximate surface area is 280 Å². The molecule has 2 bridgehead atoms. The largest absolute Gasteiger partial charge is 0.492 e. The fourth-order valence-corrected chi connectivity index (χ4v) is 5.56. The Kier molecular flexibility index (Phi) is 12.3. The molecule has 1 aromatic heterocycles. The molecule has 3 aromatic rings. The van der Waals surface area contributed by atoms with Gasteiger partial charge in [0, 0.05) is 12.0 Å². The molecule has 0 aliphatic carbocycles. The standard InChI is InChI=1S/C33H42N8O5.ClH/c1-20(2)28-33(45)36-21(3)30-39-29(23-8-5-4-6-9-23)40-41(30)19-27(42)35-16-17-46-24-13-11-22(12-14-24)18-26(32(44)38-28)37-31(43)25-10-7-15-34-25;/h4-6,8-9,11-14,20-21,25-26,28,34H,7,10,15-19H2,1-3H3,(H,35,42)(H,36,45)(H,37,43)(H,38,44);1H/t21-,25+,26-,28+;/m0./s1. The molecule has 0 radical (unpaired) electrons. The molecule has 4 heterocycles. The first-order valence-corrected chi connectivity index (χ1v) is 15.8. The summed E-state index contributed by atoms with van der Waals surface area (Å²) in [6.07, 6.45) is 1.79. The second kappa shape index (κ2) is 16.4. The van der Waals surface area contributed by atoms with E-state index in [1.165, 1.54) is 4.68 Å². The molecule has 3 aliphatic rings. The molecule has 4 atom stereocenters. The van der Waals surface area contributed by atoms with Crippen LogP contribution in [0.15, 0.2) is 54.6 Å². The number of carbonyl (C=O) groups is 4. The predicted octanol–water partition coefficient (Wildman–Crippen LogP) is 1.67. The van der Waals surface area contributed by atoms with E-state index in [-0.39, 0.29) is 62.3 Å². The van der Waals surface area contributed by atoms with Crippen molar-refractivity contribution < 1.29 is 23.9 Å². The van der Waals surface area contributed by atoms with Crippen LogP contribution < -0.4 is 31.3 Å². The van der Waals surface area contributed by atoms with E-state index >= 15 is 0 Å². The number of hydrogen-bond acceptors (Lipinski definition) is 8. The topological polar surface area (TPSA) is 168 Å². The van der Waals surface area contributed by atoms with Crippen molar-refractivity contribution in [2.24, 2.45) is 5.92 Å². The number of rotatable bonds is 4. The lowest BCUT2D eigenvalue weighted by molar-refractivity contribution is -0.133. The molecule has 2 aromatic carbocycles. The Balaban J connectivity index is 0.00000500. The molecular formula is C33H43ClN8O5. The maximum atomic E-state index is 13.8. The Morgan fingerprint density at radius 2 is 1.74 bits per heavy atom. The number of carbonyl (C=O) groups excluding carboxylic acids is 4. The summed E-state index contributed by atoms with van der Waals surface area (Å²) in [5.41, 5.74) is 1.57. The van der Waals surface area contributed by atoms with Gasteiger partial charge in [-0.1, -0.05) is 56.3 Å². The second-order valence-corrected chi connectivity index (χ2v) is 12.0. The first-order chi connectivity index (χ1) is 22.2. The lowest BCUT2D eigenvalue weighted by Gasteiger charge is -2.27. The first kappa shape index (κ1) is 35.4. The number of amides is 4. The molecule has 252 valence electrons. The molecule has 6 rings (SSSR count). The monoisotopic (exact) mass is 666 g/mol. The zero-order chi connectivity index (χ0) is 32.6. The normalized spacial score (nSPS) is 22.6. The van der Waals surface area contributed by atoms with Crippen LogP contribution in [0.5, 0.6) is 5.75 Å². The fourth-order valence-electron chi connectivity index (χ4n) is 5.56. The summed E-state index contributed by atoms with van der Waals surface area (Å²) in [6, 6.07) is 13.7. The highest BCUT2D eigenvalue weighted by molar-refractivity contribution is 5.93. The van der Waals surface area contributed by atoms with Crippen molar-refractivity contribution in [2.75, 3.05) is 19.7 Å². The Hall–Kier alpha value is -4.49. The minimum Gasteiger partial charge on any atom is -0.492 e. The van der Waals surface area contributed by atoms with Crippen molar-refractivity contribution >= 4 is 36.0 Å². The molecule has 1 fully saturated rings. The SMILES string of the molecule is CC(C)[C@H]1NC(=O)[C@@H](NC(=O)[C@H]2CCCN2)Cc2ccc(cc2)OCCNC(=O)Cn2nc(-c3ccccc3)nc2[C@H](C)NC1=O.Cl. The van der Waals surface area contributed by atoms with Gasteiger partial charge < -0.3 is 31.3 Å². The average molecular weight is 667 g/mol. The van der Waals surface area contributed by atoms with Crippen molar-refractivity contribution in [3.63, 3.8) is 0 Å². The van der Waals surface area contributed by atoms with Crippen molar-refractivity contribution in [1.29, 1.82) is 0 Å². The smallest absolute Gasteiger partial charge is 0.243 e. The summed E-state index contributed by atoms with van der Waals surface area (Å²) in [6.45, 7) is 6.56. The van der Waals surface area contributed by atoms with E-state index in [0.717, 1.165) is 24.1 Å². The van der Waals surface area contributed by atoms with Crippen LogP contribution in [0, 0.1) is 5.92 Å². The molecule has 47 heavy (non-hydrogen) atoms. The van der Waals surface area contributed by atoms with Crippen molar-refractivity contribution in [1.82, 2.24) is 41.3 Å². The van der Waals surface area contributed by atoms with E-state index in [2.05, 4.69) is 36.7 Å². The van der Waals surface area contributed by atoms with Crippen LogP contribution in [-0.4, -0.2) is 76.2 Å². The summed E-state index contributed by atoms with van der Waals surface area (Å²) in [4.78, 5) is 58.1. The second-order valence-electron chi connectivity index (χ2n) is 12.0. The van der Waals surface area contributed by atoms with E-state index in [4.69, 9.17) is 4.74 Å². The van der Waals surface area contributed by atoms with Crippen LogP contribution in [0.4, 0.5) is 0 Å². The third-order valence-corrected chi connectivity index (χ3v) is 8.08. The first-order valence-electron chi connectivity index (χ1n) is 15.8. The summed E-state index contributed by atoms with van der Waals surface area (Å²) >= 11 is 0. The van der Waals surface area contributed by atoms with Gasteiger partial charge in [-0.25, -0.2) is 9.67 Å². The van der Waals surface area contributed by atoms with Gasteiger partial charge in [0.25, 0.3) is 0 Å². The fraction of sp³-hybridized carbons (Fsp3) is 0.455. The maximum Gasteiger partial charge on any atom is 0.243 e. The molecule has 14 heteroatoms.